The molecule has 0 radical (unpaired) electrons. The number of nitrogens with one attached hydrogen (secondary N) is 1. The molecule has 1 saturated heterocycles. The molecule has 0 spiro atoms. The number of nitrogens with zero attached hydrogens (tertiary/aromatic N) is 1. The van der Waals surface area contributed by atoms with Crippen LogP contribution in [0, 0.1) is 0 Å². The first-order chi connectivity index (χ1) is 9.99. The molecule has 1 fully saturated rings. The van der Waals surface area contributed by atoms with Crippen LogP contribution >= 0.6 is 0 Å². The molecule has 4 atom stereocenters. The molecule has 0 aromatic carbocycles. The van der Waals surface area contributed by atoms with Crippen molar-refractivity contribution >= 4 is 5.91 Å². The van der Waals surface area contributed by atoms with E-state index >= 15 is 0 Å². The van der Waals surface area contributed by atoms with Crippen LogP contribution in [0.2, 0.25) is 0 Å². The van der Waals surface area contributed by atoms with E-state index in [1.807, 2.05) is 0 Å². The van der Waals surface area contributed by atoms with Crippen molar-refractivity contribution in [2.45, 2.75) is 30.5 Å². The normalized spacial score (nSPS) is 36.2. The summed E-state index contributed by atoms with van der Waals surface area (Å²) < 4.78 is 11.2. The van der Waals surface area contributed by atoms with Crippen molar-refractivity contribution in [1.29, 1.82) is 0 Å². The van der Waals surface area contributed by atoms with Gasteiger partial charge in [-0.25, -0.2) is 0 Å². The second-order valence-corrected chi connectivity index (χ2v) is 5.07. The summed E-state index contributed by atoms with van der Waals surface area (Å²) >= 11 is 0. The van der Waals surface area contributed by atoms with Crippen LogP contribution in [-0.4, -0.2) is 65.3 Å². The smallest absolute Gasteiger partial charge is 0.250 e. The predicted molar refractivity (Wildman–Crippen MR) is 73.4 cm³/mol. The topological polar surface area (TPSA) is 117 Å². The third-order valence-electron chi connectivity index (χ3n) is 3.83. The van der Waals surface area contributed by atoms with E-state index in [1.165, 1.54) is 19.4 Å². The molecule has 0 aliphatic carbocycles. The Bertz CT molecular complexity index is 455. The summed E-state index contributed by atoms with van der Waals surface area (Å²) in [6, 6.07) is 0. The van der Waals surface area contributed by atoms with Crippen LogP contribution in [0.3, 0.4) is 0 Å². The molecule has 2 aliphatic rings. The SMILES string of the molecule is C=C1NC(=O)C=CN1[C@@H]1O[C@@](CO)(CCN)[C@@H](O)[C@H]1OC. The summed E-state index contributed by atoms with van der Waals surface area (Å²) in [4.78, 5) is 12.8. The number of carbonyl (C=O) groups is 1. The highest BCUT2D eigenvalue weighted by atomic mass is 16.6. The van der Waals surface area contributed by atoms with E-state index < -0.39 is 30.6 Å². The Morgan fingerprint density at radius 1 is 1.67 bits per heavy atom. The minimum Gasteiger partial charge on any atom is -0.393 e. The molecular weight excluding hydrogens is 278 g/mol. The maximum atomic E-state index is 11.3. The van der Waals surface area contributed by atoms with Crippen LogP contribution < -0.4 is 11.1 Å². The van der Waals surface area contributed by atoms with Gasteiger partial charge < -0.3 is 35.6 Å². The van der Waals surface area contributed by atoms with E-state index in [-0.39, 0.29) is 18.9 Å². The average Bonchev–Trinajstić information content (AvgIpc) is 2.72. The van der Waals surface area contributed by atoms with Gasteiger partial charge in [0.2, 0.25) is 0 Å². The molecule has 5 N–H and O–H groups in total. The quantitative estimate of drug-likeness (QED) is 0.474. The van der Waals surface area contributed by atoms with Crippen molar-refractivity contribution in [3.05, 3.63) is 24.7 Å². The van der Waals surface area contributed by atoms with Gasteiger partial charge in [-0.1, -0.05) is 6.58 Å². The molecular formula is C13H21N3O5. The summed E-state index contributed by atoms with van der Waals surface area (Å²) in [7, 11) is 1.44. The first-order valence-electron chi connectivity index (χ1n) is 6.65. The van der Waals surface area contributed by atoms with Gasteiger partial charge in [0.25, 0.3) is 5.91 Å². The zero-order chi connectivity index (χ0) is 15.6. The zero-order valence-electron chi connectivity index (χ0n) is 11.9. The van der Waals surface area contributed by atoms with Gasteiger partial charge in [-0.15, -0.1) is 0 Å². The molecule has 0 saturated carbocycles. The maximum absolute atomic E-state index is 11.3. The zero-order valence-corrected chi connectivity index (χ0v) is 11.9. The molecule has 0 aromatic rings. The summed E-state index contributed by atoms with van der Waals surface area (Å²) in [5.41, 5.74) is 4.34. The summed E-state index contributed by atoms with van der Waals surface area (Å²) in [6.07, 6.45) is 0.588. The highest BCUT2D eigenvalue weighted by Crippen LogP contribution is 2.37. The van der Waals surface area contributed by atoms with Crippen molar-refractivity contribution in [2.24, 2.45) is 5.73 Å². The molecule has 2 rings (SSSR count). The number of nitrogens with two attached hydrogens (primary N) is 1. The van der Waals surface area contributed by atoms with E-state index in [0.29, 0.717) is 5.82 Å². The van der Waals surface area contributed by atoms with Crippen LogP contribution in [0.5, 0.6) is 0 Å². The number of hydrogen-bond acceptors (Lipinski definition) is 7. The number of rotatable bonds is 5. The summed E-state index contributed by atoms with van der Waals surface area (Å²) in [5, 5.41) is 22.6. The van der Waals surface area contributed by atoms with Gasteiger partial charge in [0.1, 0.15) is 23.6 Å². The third kappa shape index (κ3) is 2.68. The van der Waals surface area contributed by atoms with Crippen LogP contribution in [-0.2, 0) is 14.3 Å². The molecule has 8 nitrogen and oxygen atoms in total. The molecule has 2 aliphatic heterocycles. The molecule has 118 valence electrons. The highest BCUT2D eigenvalue weighted by molar-refractivity contribution is 5.89. The van der Waals surface area contributed by atoms with Gasteiger partial charge in [-0.05, 0) is 13.0 Å². The number of aliphatic hydroxyl groups is 2. The molecule has 0 aromatic heterocycles. The minimum atomic E-state index is -1.20. The number of carbonyl (C=O) groups excluding carboxylic acids is 1. The van der Waals surface area contributed by atoms with Gasteiger partial charge >= 0.3 is 0 Å². The van der Waals surface area contributed by atoms with Crippen molar-refractivity contribution in [1.82, 2.24) is 10.2 Å². The molecule has 2 heterocycles. The minimum absolute atomic E-state index is 0.244. The van der Waals surface area contributed by atoms with Gasteiger partial charge in [0.15, 0.2) is 6.23 Å². The molecule has 0 unspecified atom stereocenters. The fraction of sp³-hybridized carbons (Fsp3) is 0.615. The van der Waals surface area contributed by atoms with Gasteiger partial charge in [-0.2, -0.15) is 0 Å². The largest absolute Gasteiger partial charge is 0.393 e. The predicted octanol–water partition coefficient (Wildman–Crippen LogP) is -1.78. The highest BCUT2D eigenvalue weighted by Gasteiger charge is 2.56. The number of hydrogen-bond donors (Lipinski definition) is 4. The van der Waals surface area contributed by atoms with E-state index in [4.69, 9.17) is 15.2 Å². The lowest BCUT2D eigenvalue weighted by molar-refractivity contribution is -0.140. The molecule has 1 amide bonds. The lowest BCUT2D eigenvalue weighted by atomic mass is 9.92. The fourth-order valence-corrected chi connectivity index (χ4v) is 2.68. The van der Waals surface area contributed by atoms with Crippen molar-refractivity contribution in [2.75, 3.05) is 20.3 Å². The van der Waals surface area contributed by atoms with Crippen molar-refractivity contribution in [3.8, 4) is 0 Å². The van der Waals surface area contributed by atoms with Crippen molar-refractivity contribution < 1.29 is 24.5 Å². The van der Waals surface area contributed by atoms with Crippen molar-refractivity contribution in [3.63, 3.8) is 0 Å². The third-order valence-corrected chi connectivity index (χ3v) is 3.83. The number of amides is 1. The lowest BCUT2D eigenvalue weighted by Crippen LogP contribution is -2.48. The Kier molecular flexibility index (Phi) is 4.64. The van der Waals surface area contributed by atoms with E-state index in [1.54, 1.807) is 4.90 Å². The van der Waals surface area contributed by atoms with Crippen LogP contribution in [0.15, 0.2) is 24.7 Å². The Balaban J connectivity index is 2.29. The van der Waals surface area contributed by atoms with E-state index in [0.717, 1.165) is 0 Å². The Morgan fingerprint density at radius 2 is 2.38 bits per heavy atom. The van der Waals surface area contributed by atoms with Gasteiger partial charge in [-0.3, -0.25) is 4.79 Å². The molecule has 8 heteroatoms. The second kappa shape index (κ2) is 6.12. The standard InChI is InChI=1S/C13H21N3O5/c1-8-15-9(18)3-6-16(8)12-10(20-2)11(19)13(7-17,21-12)4-5-14/h3,6,10-12,17,19H,1,4-5,7,14H2,2H3,(H,15,18)/t10-,11+,12-,13-/m1/s1. The maximum Gasteiger partial charge on any atom is 0.250 e. The summed E-state index contributed by atoms with van der Waals surface area (Å²) in [6.45, 7) is 3.60. The summed E-state index contributed by atoms with van der Waals surface area (Å²) in [5.74, 6) is 0.0161. The Labute approximate surface area is 122 Å². The monoisotopic (exact) mass is 299 g/mol. The molecule has 21 heavy (non-hydrogen) atoms. The Hall–Kier alpha value is -1.45. The van der Waals surface area contributed by atoms with Crippen LogP contribution in [0.4, 0.5) is 0 Å². The van der Waals surface area contributed by atoms with Crippen LogP contribution in [0.1, 0.15) is 6.42 Å². The first-order valence-corrected chi connectivity index (χ1v) is 6.65. The van der Waals surface area contributed by atoms with Gasteiger partial charge in [0, 0.05) is 19.4 Å². The number of methoxy groups -OCH3 is 1. The Morgan fingerprint density at radius 3 is 2.90 bits per heavy atom. The van der Waals surface area contributed by atoms with E-state index in [9.17, 15) is 15.0 Å². The van der Waals surface area contributed by atoms with Gasteiger partial charge in [0.05, 0.1) is 6.61 Å². The second-order valence-electron chi connectivity index (χ2n) is 5.07. The number of aliphatic hydroxyl groups excluding tert-OH is 2. The lowest BCUT2D eigenvalue weighted by Gasteiger charge is -2.34. The number of ether oxygens (including phenoxy) is 2. The first kappa shape index (κ1) is 15.9. The fourth-order valence-electron chi connectivity index (χ4n) is 2.68. The van der Waals surface area contributed by atoms with E-state index in [2.05, 4.69) is 11.9 Å². The molecule has 0 bridgehead atoms. The average molecular weight is 299 g/mol. The van der Waals surface area contributed by atoms with Crippen LogP contribution in [0.25, 0.3) is 0 Å².